The van der Waals surface area contributed by atoms with Crippen LogP contribution in [-0.4, -0.2) is 24.2 Å². The van der Waals surface area contributed by atoms with Crippen LogP contribution < -0.4 is 10.6 Å². The number of nitrogen functional groups attached to an aromatic ring is 1. The van der Waals surface area contributed by atoms with Crippen molar-refractivity contribution in [3.05, 3.63) is 22.7 Å². The molecule has 2 unspecified atom stereocenters. The molecule has 2 atom stereocenters. The normalized spacial score (nSPS) is 25.6. The first-order valence-electron chi connectivity index (χ1n) is 6.63. The molecule has 5 heteroatoms. The lowest BCUT2D eigenvalue weighted by Gasteiger charge is -2.23. The molecule has 1 aliphatic carbocycles. The van der Waals surface area contributed by atoms with Crippen LogP contribution in [-0.2, 0) is 0 Å². The summed E-state index contributed by atoms with van der Waals surface area (Å²) in [6.45, 7) is 1.82. The highest BCUT2D eigenvalue weighted by Crippen LogP contribution is 2.42. The predicted molar refractivity (Wildman–Crippen MR) is 75.9 cm³/mol. The van der Waals surface area contributed by atoms with Gasteiger partial charge in [-0.15, -0.1) is 0 Å². The summed E-state index contributed by atoms with van der Waals surface area (Å²) in [4.78, 5) is 13.5. The van der Waals surface area contributed by atoms with Crippen molar-refractivity contribution < 1.29 is 9.90 Å². The minimum Gasteiger partial charge on any atom is -0.478 e. The molecule has 102 valence electrons. The van der Waals surface area contributed by atoms with Gasteiger partial charge in [0.15, 0.2) is 0 Å². The van der Waals surface area contributed by atoms with Crippen molar-refractivity contribution >= 4 is 28.9 Å². The number of rotatable bonds is 2. The maximum absolute atomic E-state index is 11.4. The molecule has 2 fully saturated rings. The highest BCUT2D eigenvalue weighted by atomic mass is 35.5. The zero-order valence-electron chi connectivity index (χ0n) is 10.6. The van der Waals surface area contributed by atoms with Gasteiger partial charge in [-0.05, 0) is 36.8 Å². The summed E-state index contributed by atoms with van der Waals surface area (Å²) in [7, 11) is 0. The Bertz CT molecular complexity index is 520. The SMILES string of the molecule is Nc1cc(Cl)c(N2CC3CCCC3C2)c(C(=O)O)c1. The Kier molecular flexibility index (Phi) is 3.05. The Morgan fingerprint density at radius 1 is 1.32 bits per heavy atom. The molecule has 4 nitrogen and oxygen atoms in total. The van der Waals surface area contributed by atoms with Crippen molar-refractivity contribution in [3.63, 3.8) is 0 Å². The molecule has 0 spiro atoms. The van der Waals surface area contributed by atoms with Gasteiger partial charge in [0.25, 0.3) is 0 Å². The highest BCUT2D eigenvalue weighted by molar-refractivity contribution is 6.34. The first-order chi connectivity index (χ1) is 9.06. The third-order valence-electron chi connectivity index (χ3n) is 4.36. The summed E-state index contributed by atoms with van der Waals surface area (Å²) in [5.41, 5.74) is 6.93. The minimum atomic E-state index is -0.971. The molecule has 0 amide bonds. The monoisotopic (exact) mass is 280 g/mol. The third kappa shape index (κ3) is 2.14. The molecule has 1 aromatic carbocycles. The number of benzene rings is 1. The molecular weight excluding hydrogens is 264 g/mol. The van der Waals surface area contributed by atoms with Crippen LogP contribution in [0.3, 0.4) is 0 Å². The van der Waals surface area contributed by atoms with Gasteiger partial charge in [-0.3, -0.25) is 0 Å². The molecule has 19 heavy (non-hydrogen) atoms. The molecule has 0 radical (unpaired) electrons. The zero-order chi connectivity index (χ0) is 13.6. The molecule has 1 aromatic rings. The summed E-state index contributed by atoms with van der Waals surface area (Å²) in [5.74, 6) is 0.409. The van der Waals surface area contributed by atoms with E-state index in [4.69, 9.17) is 17.3 Å². The lowest BCUT2D eigenvalue weighted by molar-refractivity contribution is 0.0697. The van der Waals surface area contributed by atoms with Gasteiger partial charge in [0, 0.05) is 18.8 Å². The van der Waals surface area contributed by atoms with Crippen molar-refractivity contribution in [2.75, 3.05) is 23.7 Å². The number of nitrogens with zero attached hydrogens (tertiary/aromatic N) is 1. The van der Waals surface area contributed by atoms with E-state index in [0.717, 1.165) is 13.1 Å². The topological polar surface area (TPSA) is 66.6 Å². The van der Waals surface area contributed by atoms with Crippen LogP contribution in [0.15, 0.2) is 12.1 Å². The van der Waals surface area contributed by atoms with Crippen molar-refractivity contribution in [1.82, 2.24) is 0 Å². The van der Waals surface area contributed by atoms with E-state index < -0.39 is 5.97 Å². The van der Waals surface area contributed by atoms with Crippen molar-refractivity contribution in [2.45, 2.75) is 19.3 Å². The maximum Gasteiger partial charge on any atom is 0.337 e. The summed E-state index contributed by atoms with van der Waals surface area (Å²) in [6, 6.07) is 3.13. The number of carboxylic acid groups (broad SMARTS) is 1. The molecular formula is C14H17ClN2O2. The largest absolute Gasteiger partial charge is 0.478 e. The van der Waals surface area contributed by atoms with E-state index in [1.54, 1.807) is 6.07 Å². The summed E-state index contributed by atoms with van der Waals surface area (Å²) in [6.07, 6.45) is 3.79. The number of hydrogen-bond donors (Lipinski definition) is 2. The first kappa shape index (κ1) is 12.6. The van der Waals surface area contributed by atoms with Crippen LogP contribution in [0.5, 0.6) is 0 Å². The summed E-state index contributed by atoms with van der Waals surface area (Å²) >= 11 is 6.23. The standard InChI is InChI=1S/C14H17ClN2O2/c15-12-5-10(16)4-11(14(18)19)13(12)17-6-8-2-1-3-9(8)7-17/h4-5,8-9H,1-3,6-7,16H2,(H,18,19). The van der Waals surface area contributed by atoms with Crippen molar-refractivity contribution in [3.8, 4) is 0 Å². The van der Waals surface area contributed by atoms with Crippen LogP contribution in [0.2, 0.25) is 5.02 Å². The predicted octanol–water partition coefficient (Wildman–Crippen LogP) is 2.86. The number of aromatic carboxylic acids is 1. The second kappa shape index (κ2) is 4.60. The summed E-state index contributed by atoms with van der Waals surface area (Å²) < 4.78 is 0. The molecule has 0 bridgehead atoms. The van der Waals surface area contributed by atoms with Gasteiger partial charge < -0.3 is 15.7 Å². The molecule has 2 aliphatic rings. The number of carbonyl (C=O) groups is 1. The van der Waals surface area contributed by atoms with Crippen LogP contribution in [0.1, 0.15) is 29.6 Å². The van der Waals surface area contributed by atoms with Crippen molar-refractivity contribution in [1.29, 1.82) is 0 Å². The smallest absolute Gasteiger partial charge is 0.337 e. The molecule has 1 saturated carbocycles. The Balaban J connectivity index is 1.98. The zero-order valence-corrected chi connectivity index (χ0v) is 11.4. The minimum absolute atomic E-state index is 0.213. The van der Waals surface area contributed by atoms with Crippen LogP contribution in [0.25, 0.3) is 0 Å². The molecule has 3 N–H and O–H groups in total. The van der Waals surface area contributed by atoms with Crippen LogP contribution >= 0.6 is 11.6 Å². The van der Waals surface area contributed by atoms with Gasteiger partial charge in [-0.25, -0.2) is 4.79 Å². The fourth-order valence-corrected chi connectivity index (χ4v) is 3.87. The molecule has 1 aliphatic heterocycles. The second-order valence-corrected chi connectivity index (χ2v) is 5.97. The maximum atomic E-state index is 11.4. The second-order valence-electron chi connectivity index (χ2n) is 5.56. The van der Waals surface area contributed by atoms with Gasteiger partial charge in [0.1, 0.15) is 0 Å². The van der Waals surface area contributed by atoms with E-state index in [1.165, 1.54) is 25.3 Å². The Morgan fingerprint density at radius 2 is 1.95 bits per heavy atom. The number of fused-ring (bicyclic) bond motifs is 1. The van der Waals surface area contributed by atoms with Crippen molar-refractivity contribution in [2.24, 2.45) is 11.8 Å². The first-order valence-corrected chi connectivity index (χ1v) is 7.01. The lowest BCUT2D eigenvalue weighted by atomic mass is 10.0. The van der Waals surface area contributed by atoms with E-state index in [1.807, 2.05) is 0 Å². The molecule has 0 aromatic heterocycles. The van der Waals surface area contributed by atoms with Gasteiger partial charge in [-0.2, -0.15) is 0 Å². The number of anilines is 2. The van der Waals surface area contributed by atoms with Gasteiger partial charge >= 0.3 is 5.97 Å². The summed E-state index contributed by atoms with van der Waals surface area (Å²) in [5, 5.41) is 9.78. The Labute approximate surface area is 117 Å². The molecule has 1 heterocycles. The quantitative estimate of drug-likeness (QED) is 0.818. The number of nitrogens with two attached hydrogens (primary N) is 1. The van der Waals surface area contributed by atoms with Gasteiger partial charge in [0.2, 0.25) is 0 Å². The third-order valence-corrected chi connectivity index (χ3v) is 4.65. The van der Waals surface area contributed by atoms with Crippen LogP contribution in [0, 0.1) is 11.8 Å². The number of carboxylic acids is 1. The Morgan fingerprint density at radius 3 is 2.53 bits per heavy atom. The fourth-order valence-electron chi connectivity index (χ4n) is 3.52. The number of halogens is 1. The lowest BCUT2D eigenvalue weighted by Crippen LogP contribution is -2.23. The molecule has 1 saturated heterocycles. The highest BCUT2D eigenvalue weighted by Gasteiger charge is 2.37. The van der Waals surface area contributed by atoms with E-state index >= 15 is 0 Å². The van der Waals surface area contributed by atoms with Crippen LogP contribution in [0.4, 0.5) is 11.4 Å². The average Bonchev–Trinajstić information content (AvgIpc) is 2.87. The van der Waals surface area contributed by atoms with E-state index in [9.17, 15) is 9.90 Å². The Hall–Kier alpha value is -1.42. The van der Waals surface area contributed by atoms with E-state index in [2.05, 4.69) is 4.90 Å². The van der Waals surface area contributed by atoms with Gasteiger partial charge in [-0.1, -0.05) is 18.0 Å². The fraction of sp³-hybridized carbons (Fsp3) is 0.500. The molecule has 3 rings (SSSR count). The average molecular weight is 281 g/mol. The van der Waals surface area contributed by atoms with E-state index in [-0.39, 0.29) is 5.56 Å². The van der Waals surface area contributed by atoms with E-state index in [0.29, 0.717) is 28.2 Å². The number of hydrogen-bond acceptors (Lipinski definition) is 3. The van der Waals surface area contributed by atoms with Gasteiger partial charge in [0.05, 0.1) is 16.3 Å².